The second kappa shape index (κ2) is 13.6. The van der Waals surface area contributed by atoms with Crippen molar-refractivity contribution < 1.29 is 4.39 Å². The molecule has 0 radical (unpaired) electrons. The number of aryl methyl sites for hydroxylation is 1. The van der Waals surface area contributed by atoms with Crippen molar-refractivity contribution in [2.24, 2.45) is 17.8 Å². The van der Waals surface area contributed by atoms with E-state index in [1.54, 1.807) is 5.56 Å². The molecule has 0 aliphatic heterocycles. The molecule has 3 aliphatic rings. The second-order valence-corrected chi connectivity index (χ2v) is 13.3. The van der Waals surface area contributed by atoms with Gasteiger partial charge in [-0.2, -0.15) is 0 Å². The summed E-state index contributed by atoms with van der Waals surface area (Å²) in [6.07, 6.45) is 23.1. The molecule has 3 aliphatic carbocycles. The highest BCUT2D eigenvalue weighted by Crippen LogP contribution is 2.45. The van der Waals surface area contributed by atoms with Crippen molar-refractivity contribution in [3.63, 3.8) is 0 Å². The first-order valence-corrected chi connectivity index (χ1v) is 16.5. The Morgan fingerprint density at radius 3 is 1.55 bits per heavy atom. The average Bonchev–Trinajstić information content (AvgIpc) is 2.98. The molecule has 0 heterocycles. The lowest BCUT2D eigenvalue weighted by Gasteiger charge is -2.38. The van der Waals surface area contributed by atoms with Gasteiger partial charge in [-0.15, -0.1) is 0 Å². The van der Waals surface area contributed by atoms with Gasteiger partial charge in [0.25, 0.3) is 0 Å². The van der Waals surface area contributed by atoms with Gasteiger partial charge in [0.15, 0.2) is 0 Å². The third-order valence-electron chi connectivity index (χ3n) is 11.1. The van der Waals surface area contributed by atoms with E-state index in [1.165, 1.54) is 114 Å². The maximum atomic E-state index is 14.3. The molecule has 0 amide bonds. The van der Waals surface area contributed by atoms with Gasteiger partial charge >= 0.3 is 0 Å². The van der Waals surface area contributed by atoms with E-state index in [2.05, 4.69) is 37.3 Å². The summed E-state index contributed by atoms with van der Waals surface area (Å²) < 4.78 is 14.3. The first-order valence-electron chi connectivity index (χ1n) is 16.5. The minimum absolute atomic E-state index is 0.0121. The Kier molecular flexibility index (Phi) is 10.0. The van der Waals surface area contributed by atoms with Crippen LogP contribution in [-0.2, 0) is 6.42 Å². The molecule has 0 bridgehead atoms. The summed E-state index contributed by atoms with van der Waals surface area (Å²) >= 11 is 0. The molecule has 0 aromatic heterocycles. The van der Waals surface area contributed by atoms with Crippen LogP contribution in [0.15, 0.2) is 42.5 Å². The van der Waals surface area contributed by atoms with Gasteiger partial charge in [-0.25, -0.2) is 4.39 Å². The van der Waals surface area contributed by atoms with E-state index < -0.39 is 0 Å². The molecule has 0 N–H and O–H groups in total. The van der Waals surface area contributed by atoms with Gasteiger partial charge in [0.2, 0.25) is 0 Å². The second-order valence-electron chi connectivity index (χ2n) is 13.3. The summed E-state index contributed by atoms with van der Waals surface area (Å²) in [5, 5.41) is 0. The van der Waals surface area contributed by atoms with Gasteiger partial charge in [0, 0.05) is 0 Å². The van der Waals surface area contributed by atoms with Crippen LogP contribution in [0, 0.1) is 23.6 Å². The van der Waals surface area contributed by atoms with E-state index in [-0.39, 0.29) is 5.82 Å². The smallest absolute Gasteiger partial charge is 0.126 e. The highest BCUT2D eigenvalue weighted by molar-refractivity contribution is 5.30. The van der Waals surface area contributed by atoms with Gasteiger partial charge < -0.3 is 0 Å². The van der Waals surface area contributed by atoms with Crippen LogP contribution in [0.4, 0.5) is 4.39 Å². The molecule has 2 aromatic rings. The Labute approximate surface area is 233 Å². The summed E-state index contributed by atoms with van der Waals surface area (Å²) in [6, 6.07) is 15.8. The SMILES string of the molecule is CCCCCC1CCC(C2CCC(c3ccc(C4CCC(c5ccc(CC)c(F)c5)CC4)cc3)CC2)CC1. The zero-order valence-corrected chi connectivity index (χ0v) is 24.4. The van der Waals surface area contributed by atoms with Crippen molar-refractivity contribution in [2.45, 2.75) is 141 Å². The first-order chi connectivity index (χ1) is 18.6. The van der Waals surface area contributed by atoms with Crippen molar-refractivity contribution in [3.05, 3.63) is 70.5 Å². The Morgan fingerprint density at radius 2 is 1.05 bits per heavy atom. The Bertz CT molecular complexity index is 966. The van der Waals surface area contributed by atoms with Crippen LogP contribution in [0.2, 0.25) is 0 Å². The van der Waals surface area contributed by atoms with Gasteiger partial charge in [0.1, 0.15) is 5.82 Å². The fourth-order valence-corrected chi connectivity index (χ4v) is 8.46. The minimum Gasteiger partial charge on any atom is -0.207 e. The van der Waals surface area contributed by atoms with Crippen LogP contribution < -0.4 is 0 Å². The van der Waals surface area contributed by atoms with E-state index in [1.807, 2.05) is 19.1 Å². The molecule has 5 rings (SSSR count). The summed E-state index contributed by atoms with van der Waals surface area (Å²) in [4.78, 5) is 0. The number of benzene rings is 2. The van der Waals surface area contributed by atoms with E-state index in [0.717, 1.165) is 35.7 Å². The van der Waals surface area contributed by atoms with Crippen molar-refractivity contribution in [3.8, 4) is 0 Å². The summed E-state index contributed by atoms with van der Waals surface area (Å²) in [5.41, 5.74) is 5.18. The zero-order chi connectivity index (χ0) is 26.3. The van der Waals surface area contributed by atoms with Crippen LogP contribution in [-0.4, -0.2) is 0 Å². The van der Waals surface area contributed by atoms with E-state index in [4.69, 9.17) is 0 Å². The molecule has 2 aromatic carbocycles. The van der Waals surface area contributed by atoms with Crippen LogP contribution >= 0.6 is 0 Å². The fourth-order valence-electron chi connectivity index (χ4n) is 8.46. The minimum atomic E-state index is -0.0121. The molecule has 3 fully saturated rings. The topological polar surface area (TPSA) is 0 Å². The Balaban J connectivity index is 1.06. The molecule has 3 saturated carbocycles. The molecule has 0 nitrogen and oxygen atoms in total. The Morgan fingerprint density at radius 1 is 0.579 bits per heavy atom. The molecule has 0 spiro atoms. The van der Waals surface area contributed by atoms with Crippen LogP contribution in [0.3, 0.4) is 0 Å². The third kappa shape index (κ3) is 6.92. The number of halogens is 1. The zero-order valence-electron chi connectivity index (χ0n) is 24.4. The largest absolute Gasteiger partial charge is 0.207 e. The molecule has 38 heavy (non-hydrogen) atoms. The first kappa shape index (κ1) is 27.9. The highest BCUT2D eigenvalue weighted by atomic mass is 19.1. The highest BCUT2D eigenvalue weighted by Gasteiger charge is 2.31. The maximum Gasteiger partial charge on any atom is 0.126 e. The Hall–Kier alpha value is -1.63. The number of rotatable bonds is 9. The van der Waals surface area contributed by atoms with Crippen molar-refractivity contribution in [2.75, 3.05) is 0 Å². The van der Waals surface area contributed by atoms with Gasteiger partial charge in [-0.05, 0) is 134 Å². The molecule has 0 atom stereocenters. The van der Waals surface area contributed by atoms with E-state index >= 15 is 0 Å². The van der Waals surface area contributed by atoms with Gasteiger partial charge in [-0.3, -0.25) is 0 Å². The van der Waals surface area contributed by atoms with Crippen molar-refractivity contribution >= 4 is 0 Å². The molecular formula is C37H53F. The molecule has 0 unspecified atom stereocenters. The lowest BCUT2D eigenvalue weighted by Crippen LogP contribution is -2.25. The average molecular weight is 517 g/mol. The normalized spacial score (nSPS) is 30.3. The maximum absolute atomic E-state index is 14.3. The van der Waals surface area contributed by atoms with Gasteiger partial charge in [0.05, 0.1) is 0 Å². The number of unbranched alkanes of at least 4 members (excludes halogenated alkanes) is 2. The van der Waals surface area contributed by atoms with Crippen molar-refractivity contribution in [1.82, 2.24) is 0 Å². The number of hydrogen-bond acceptors (Lipinski definition) is 0. The molecule has 0 saturated heterocycles. The molecule has 1 heteroatoms. The fraction of sp³-hybridized carbons (Fsp3) is 0.676. The third-order valence-corrected chi connectivity index (χ3v) is 11.1. The molecule has 208 valence electrons. The van der Waals surface area contributed by atoms with Gasteiger partial charge in [-0.1, -0.05) is 88.8 Å². The lowest BCUT2D eigenvalue weighted by atomic mass is 9.68. The summed E-state index contributed by atoms with van der Waals surface area (Å²) in [7, 11) is 0. The lowest BCUT2D eigenvalue weighted by molar-refractivity contribution is 0.155. The number of hydrogen-bond donors (Lipinski definition) is 0. The predicted octanol–water partition coefficient (Wildman–Crippen LogP) is 11.5. The quantitative estimate of drug-likeness (QED) is 0.291. The van der Waals surface area contributed by atoms with E-state index in [0.29, 0.717) is 11.8 Å². The summed E-state index contributed by atoms with van der Waals surface area (Å²) in [6.45, 7) is 4.35. The standard InChI is InChI=1S/C37H53F/c1-3-5-6-7-27-8-10-29(11-9-27)30-13-15-31(16-14-30)32-17-19-33(20-18-32)34-21-23-35(24-22-34)36-25-12-28(4-2)37(38)26-36/h12,17-20,25-27,29-31,34-35H,3-11,13-16,21-24H2,1-2H3. The van der Waals surface area contributed by atoms with Crippen molar-refractivity contribution in [1.29, 1.82) is 0 Å². The predicted molar refractivity (Wildman–Crippen MR) is 160 cm³/mol. The molecular weight excluding hydrogens is 463 g/mol. The van der Waals surface area contributed by atoms with Crippen LogP contribution in [0.25, 0.3) is 0 Å². The monoisotopic (exact) mass is 516 g/mol. The summed E-state index contributed by atoms with van der Waals surface area (Å²) in [5.74, 6) is 5.04. The van der Waals surface area contributed by atoms with E-state index in [9.17, 15) is 4.39 Å². The van der Waals surface area contributed by atoms with Crippen LogP contribution in [0.1, 0.15) is 157 Å². The van der Waals surface area contributed by atoms with Crippen LogP contribution in [0.5, 0.6) is 0 Å².